The minimum absolute atomic E-state index is 0.0259. The van der Waals surface area contributed by atoms with Gasteiger partial charge in [0.25, 0.3) is 5.91 Å². The van der Waals surface area contributed by atoms with E-state index in [1.165, 1.54) is 5.56 Å². The molecule has 1 rings (SSSR count). The first-order valence-electron chi connectivity index (χ1n) is 7.42. The van der Waals surface area contributed by atoms with Gasteiger partial charge < -0.3 is 10.1 Å². The highest BCUT2D eigenvalue weighted by atomic mass is 32.2. The molecule has 124 valence electrons. The highest BCUT2D eigenvalue weighted by molar-refractivity contribution is 7.89. The summed E-state index contributed by atoms with van der Waals surface area (Å²) in [5.74, 6) is 0.382. The van der Waals surface area contributed by atoms with Crippen LogP contribution in [0.5, 0.6) is 5.75 Å². The topological polar surface area (TPSA) is 84.5 Å². The Balaban J connectivity index is 2.23. The summed E-state index contributed by atoms with van der Waals surface area (Å²) in [7, 11) is -3.21. The minimum Gasteiger partial charge on any atom is -0.484 e. The van der Waals surface area contributed by atoms with Crippen LogP contribution in [0.25, 0.3) is 0 Å². The lowest BCUT2D eigenvalue weighted by atomic mass is 10.1. The molecular formula is C15H24N2O4S. The van der Waals surface area contributed by atoms with Crippen LogP contribution in [0.3, 0.4) is 0 Å². The van der Waals surface area contributed by atoms with Gasteiger partial charge in [-0.25, -0.2) is 13.1 Å². The van der Waals surface area contributed by atoms with E-state index in [9.17, 15) is 13.2 Å². The number of aryl methyl sites for hydroxylation is 1. The van der Waals surface area contributed by atoms with Crippen molar-refractivity contribution in [2.24, 2.45) is 0 Å². The molecule has 0 aliphatic rings. The van der Waals surface area contributed by atoms with Crippen molar-refractivity contribution in [1.82, 2.24) is 10.0 Å². The molecule has 0 aliphatic carbocycles. The van der Waals surface area contributed by atoms with Crippen LogP contribution >= 0.6 is 0 Å². The SMILES string of the molecule is CCCc1ccc(OCC(=O)NCCNS(=O)(=O)CC)cc1. The molecule has 7 heteroatoms. The molecule has 0 unspecified atom stereocenters. The number of carbonyl (C=O) groups excluding carboxylic acids is 1. The summed E-state index contributed by atoms with van der Waals surface area (Å²) in [5.41, 5.74) is 1.24. The van der Waals surface area contributed by atoms with Gasteiger partial charge >= 0.3 is 0 Å². The Morgan fingerprint density at radius 3 is 2.41 bits per heavy atom. The van der Waals surface area contributed by atoms with Crippen LogP contribution < -0.4 is 14.8 Å². The van der Waals surface area contributed by atoms with Crippen LogP contribution in [0.2, 0.25) is 0 Å². The van der Waals surface area contributed by atoms with Crippen LogP contribution in [-0.2, 0) is 21.2 Å². The second kappa shape index (κ2) is 9.42. The minimum atomic E-state index is -3.21. The van der Waals surface area contributed by atoms with Gasteiger partial charge in [-0.1, -0.05) is 25.5 Å². The third kappa shape index (κ3) is 7.42. The third-order valence-electron chi connectivity index (χ3n) is 2.98. The van der Waals surface area contributed by atoms with Gasteiger partial charge in [-0.05, 0) is 31.0 Å². The summed E-state index contributed by atoms with van der Waals surface area (Å²) in [5, 5.41) is 2.59. The van der Waals surface area contributed by atoms with Crippen LogP contribution in [0, 0.1) is 0 Å². The van der Waals surface area contributed by atoms with Gasteiger partial charge in [0.15, 0.2) is 6.61 Å². The Labute approximate surface area is 132 Å². The van der Waals surface area contributed by atoms with Gasteiger partial charge in [0, 0.05) is 13.1 Å². The molecular weight excluding hydrogens is 304 g/mol. The zero-order valence-corrected chi connectivity index (χ0v) is 13.9. The standard InChI is InChI=1S/C15H24N2O4S/c1-3-5-13-6-8-14(9-7-13)21-12-15(18)16-10-11-17-22(19,20)4-2/h6-9,17H,3-5,10-12H2,1-2H3,(H,16,18). The van der Waals surface area contributed by atoms with Crippen molar-refractivity contribution in [1.29, 1.82) is 0 Å². The van der Waals surface area contributed by atoms with Crippen molar-refractivity contribution >= 4 is 15.9 Å². The molecule has 6 nitrogen and oxygen atoms in total. The zero-order valence-electron chi connectivity index (χ0n) is 13.1. The van der Waals surface area contributed by atoms with Gasteiger partial charge in [-0.2, -0.15) is 0 Å². The second-order valence-electron chi connectivity index (χ2n) is 4.83. The van der Waals surface area contributed by atoms with Crippen molar-refractivity contribution < 1.29 is 17.9 Å². The normalized spacial score (nSPS) is 11.2. The van der Waals surface area contributed by atoms with Crippen molar-refractivity contribution in [3.63, 3.8) is 0 Å². The number of ether oxygens (including phenoxy) is 1. The Morgan fingerprint density at radius 1 is 1.14 bits per heavy atom. The van der Waals surface area contributed by atoms with E-state index >= 15 is 0 Å². The number of nitrogens with one attached hydrogen (secondary N) is 2. The summed E-state index contributed by atoms with van der Waals surface area (Å²) in [6.45, 7) is 3.99. The van der Waals surface area contributed by atoms with Crippen molar-refractivity contribution in [2.45, 2.75) is 26.7 Å². The Kier molecular flexibility index (Phi) is 7.90. The molecule has 0 atom stereocenters. The van der Waals surface area contributed by atoms with E-state index in [0.717, 1.165) is 12.8 Å². The molecule has 1 aromatic carbocycles. The van der Waals surface area contributed by atoms with Gasteiger partial charge in [0.05, 0.1) is 5.75 Å². The van der Waals surface area contributed by atoms with Crippen molar-refractivity contribution in [3.05, 3.63) is 29.8 Å². The Bertz CT molecular complexity index is 555. The molecule has 1 amide bonds. The first kappa shape index (κ1) is 18.4. The van der Waals surface area contributed by atoms with Crippen LogP contribution in [-0.4, -0.2) is 39.8 Å². The lowest BCUT2D eigenvalue weighted by molar-refractivity contribution is -0.123. The predicted molar refractivity (Wildman–Crippen MR) is 86.4 cm³/mol. The monoisotopic (exact) mass is 328 g/mol. The predicted octanol–water partition coefficient (Wildman–Crippen LogP) is 1.07. The zero-order chi connectivity index (χ0) is 16.4. The quantitative estimate of drug-likeness (QED) is 0.629. The molecule has 0 fully saturated rings. The molecule has 0 saturated heterocycles. The molecule has 0 aromatic heterocycles. The summed E-state index contributed by atoms with van der Waals surface area (Å²) >= 11 is 0. The molecule has 0 spiro atoms. The third-order valence-corrected chi connectivity index (χ3v) is 4.39. The van der Waals surface area contributed by atoms with E-state index in [2.05, 4.69) is 17.0 Å². The summed E-state index contributed by atoms with van der Waals surface area (Å²) < 4.78 is 30.1. The van der Waals surface area contributed by atoms with Gasteiger partial charge in [0.1, 0.15) is 5.75 Å². The van der Waals surface area contributed by atoms with Crippen molar-refractivity contribution in [2.75, 3.05) is 25.4 Å². The second-order valence-corrected chi connectivity index (χ2v) is 6.93. The number of rotatable bonds is 10. The van der Waals surface area contributed by atoms with E-state index in [0.29, 0.717) is 5.75 Å². The van der Waals surface area contributed by atoms with Gasteiger partial charge in [-0.3, -0.25) is 4.79 Å². The smallest absolute Gasteiger partial charge is 0.257 e. The molecule has 22 heavy (non-hydrogen) atoms. The molecule has 0 radical (unpaired) electrons. The van der Waals surface area contributed by atoms with E-state index in [1.807, 2.05) is 24.3 Å². The van der Waals surface area contributed by atoms with Crippen molar-refractivity contribution in [3.8, 4) is 5.75 Å². The Morgan fingerprint density at radius 2 is 1.82 bits per heavy atom. The molecule has 0 heterocycles. The fourth-order valence-electron chi connectivity index (χ4n) is 1.75. The van der Waals surface area contributed by atoms with Gasteiger partial charge in [-0.15, -0.1) is 0 Å². The summed E-state index contributed by atoms with van der Waals surface area (Å²) in [6.07, 6.45) is 2.11. The number of benzene rings is 1. The number of amides is 1. The highest BCUT2D eigenvalue weighted by Crippen LogP contribution is 2.13. The molecule has 1 aromatic rings. The van der Waals surface area contributed by atoms with Gasteiger partial charge in [0.2, 0.25) is 10.0 Å². The lowest BCUT2D eigenvalue weighted by Crippen LogP contribution is -2.37. The van der Waals surface area contributed by atoms with Crippen LogP contribution in [0.15, 0.2) is 24.3 Å². The van der Waals surface area contributed by atoms with E-state index in [-0.39, 0.29) is 31.4 Å². The average Bonchev–Trinajstić information content (AvgIpc) is 2.51. The molecule has 2 N–H and O–H groups in total. The molecule has 0 aliphatic heterocycles. The maximum atomic E-state index is 11.6. The maximum Gasteiger partial charge on any atom is 0.257 e. The Hall–Kier alpha value is -1.60. The maximum absolute atomic E-state index is 11.6. The number of hydrogen-bond donors (Lipinski definition) is 2. The van der Waals surface area contributed by atoms with Crippen LogP contribution in [0.1, 0.15) is 25.8 Å². The average molecular weight is 328 g/mol. The highest BCUT2D eigenvalue weighted by Gasteiger charge is 2.06. The van der Waals surface area contributed by atoms with Crippen LogP contribution in [0.4, 0.5) is 0 Å². The van der Waals surface area contributed by atoms with E-state index in [1.54, 1.807) is 6.92 Å². The summed E-state index contributed by atoms with van der Waals surface area (Å²) in [4.78, 5) is 11.6. The first-order chi connectivity index (χ1) is 10.5. The number of hydrogen-bond acceptors (Lipinski definition) is 4. The molecule has 0 bridgehead atoms. The largest absolute Gasteiger partial charge is 0.484 e. The first-order valence-corrected chi connectivity index (χ1v) is 9.08. The molecule has 0 saturated carbocycles. The number of carbonyl (C=O) groups is 1. The summed E-state index contributed by atoms with van der Waals surface area (Å²) in [6, 6.07) is 7.65. The fraction of sp³-hybridized carbons (Fsp3) is 0.533. The lowest BCUT2D eigenvalue weighted by Gasteiger charge is -2.08. The van der Waals surface area contributed by atoms with E-state index < -0.39 is 10.0 Å². The fourth-order valence-corrected chi connectivity index (χ4v) is 2.37. The number of sulfonamides is 1. The van der Waals surface area contributed by atoms with E-state index in [4.69, 9.17) is 4.74 Å².